The predicted molar refractivity (Wildman–Crippen MR) is 78.4 cm³/mol. The van der Waals surface area contributed by atoms with Gasteiger partial charge in [-0.2, -0.15) is 0 Å². The number of nitrogens with two attached hydrogens (primary N) is 1. The molecule has 0 aromatic heterocycles. The van der Waals surface area contributed by atoms with Gasteiger partial charge in [-0.15, -0.1) is 0 Å². The van der Waals surface area contributed by atoms with Gasteiger partial charge in [0.05, 0.1) is 24.9 Å². The highest BCUT2D eigenvalue weighted by atomic mass is 19.1. The van der Waals surface area contributed by atoms with Crippen molar-refractivity contribution < 1.29 is 13.9 Å². The van der Waals surface area contributed by atoms with Gasteiger partial charge in [0.2, 0.25) is 5.91 Å². The molecule has 1 amide bonds. The second-order valence-corrected chi connectivity index (χ2v) is 5.66. The van der Waals surface area contributed by atoms with E-state index in [1.807, 2.05) is 0 Å². The number of hydrogen-bond donors (Lipinski definition) is 2. The average Bonchev–Trinajstić information content (AvgIpc) is 2.92. The van der Waals surface area contributed by atoms with Crippen molar-refractivity contribution >= 4 is 17.3 Å². The summed E-state index contributed by atoms with van der Waals surface area (Å²) in [6, 6.07) is 4.56. The van der Waals surface area contributed by atoms with Crippen molar-refractivity contribution in [2.45, 2.75) is 31.4 Å². The Hall–Kier alpha value is -1.66. The second kappa shape index (κ2) is 5.99. The largest absolute Gasteiger partial charge is 0.396 e. The van der Waals surface area contributed by atoms with Crippen molar-refractivity contribution in [2.24, 2.45) is 0 Å². The van der Waals surface area contributed by atoms with Crippen LogP contribution in [0, 0.1) is 5.82 Å². The minimum atomic E-state index is -0.477. The van der Waals surface area contributed by atoms with Crippen molar-refractivity contribution in [3.05, 3.63) is 24.0 Å². The zero-order valence-electron chi connectivity index (χ0n) is 11.8. The molecular weight excluding hydrogens is 273 g/mol. The summed E-state index contributed by atoms with van der Waals surface area (Å²) in [5, 5.41) is 2.77. The Morgan fingerprint density at radius 1 is 1.48 bits per heavy atom. The van der Waals surface area contributed by atoms with Crippen molar-refractivity contribution in [3.8, 4) is 0 Å². The number of hydrogen-bond acceptors (Lipinski definition) is 4. The Kier molecular flexibility index (Phi) is 4.07. The molecule has 1 aromatic rings. The molecule has 1 heterocycles. The second-order valence-electron chi connectivity index (χ2n) is 5.66. The van der Waals surface area contributed by atoms with Gasteiger partial charge in [0, 0.05) is 18.3 Å². The standard InChI is InChI=1S/C15H20FN3O2/c16-11-5-4-10(8-12(11)17)18-15(20)9-19-6-7-21-14-3-1-2-13(14)19/h4-5,8,13-14H,1-3,6-7,9,17H2,(H,18,20). The fourth-order valence-electron chi connectivity index (χ4n) is 3.21. The molecule has 0 bridgehead atoms. The van der Waals surface area contributed by atoms with Crippen molar-refractivity contribution in [1.29, 1.82) is 0 Å². The van der Waals surface area contributed by atoms with Gasteiger partial charge in [0.25, 0.3) is 0 Å². The third-order valence-corrected chi connectivity index (χ3v) is 4.22. The van der Waals surface area contributed by atoms with Gasteiger partial charge in [0.1, 0.15) is 5.82 Å². The summed E-state index contributed by atoms with van der Waals surface area (Å²) >= 11 is 0. The zero-order chi connectivity index (χ0) is 14.8. The van der Waals surface area contributed by atoms with Crippen LogP contribution in [-0.4, -0.2) is 42.6 Å². The first-order chi connectivity index (χ1) is 10.1. The maximum atomic E-state index is 13.1. The van der Waals surface area contributed by atoms with Gasteiger partial charge in [-0.1, -0.05) is 0 Å². The lowest BCUT2D eigenvalue weighted by Crippen LogP contribution is -2.51. The van der Waals surface area contributed by atoms with Gasteiger partial charge >= 0.3 is 0 Å². The number of fused-ring (bicyclic) bond motifs is 1. The van der Waals surface area contributed by atoms with E-state index in [0.717, 1.165) is 25.8 Å². The van der Waals surface area contributed by atoms with Crippen LogP contribution in [0.25, 0.3) is 0 Å². The maximum absolute atomic E-state index is 13.1. The topological polar surface area (TPSA) is 67.6 Å². The SMILES string of the molecule is Nc1cc(NC(=O)CN2CCOC3CCCC32)ccc1F. The molecule has 3 N–H and O–H groups in total. The predicted octanol–water partition coefficient (Wildman–Crippen LogP) is 1.60. The lowest BCUT2D eigenvalue weighted by atomic mass is 10.1. The quantitative estimate of drug-likeness (QED) is 0.831. The monoisotopic (exact) mass is 293 g/mol. The summed E-state index contributed by atoms with van der Waals surface area (Å²) in [4.78, 5) is 14.3. The maximum Gasteiger partial charge on any atom is 0.238 e. The Morgan fingerprint density at radius 3 is 3.14 bits per heavy atom. The molecule has 0 spiro atoms. The number of nitrogen functional groups attached to an aromatic ring is 1. The summed E-state index contributed by atoms with van der Waals surface area (Å²) in [5.41, 5.74) is 6.06. The lowest BCUT2D eigenvalue weighted by Gasteiger charge is -2.37. The molecule has 6 heteroatoms. The molecule has 1 saturated carbocycles. The van der Waals surface area contributed by atoms with Gasteiger partial charge in [-0.3, -0.25) is 9.69 Å². The van der Waals surface area contributed by atoms with Crippen LogP contribution in [0.3, 0.4) is 0 Å². The van der Waals surface area contributed by atoms with E-state index in [1.165, 1.54) is 18.2 Å². The molecule has 2 aliphatic rings. The summed E-state index contributed by atoms with van der Waals surface area (Å²) in [6.45, 7) is 1.79. The van der Waals surface area contributed by atoms with E-state index in [4.69, 9.17) is 10.5 Å². The number of halogens is 1. The Balaban J connectivity index is 1.59. The summed E-state index contributed by atoms with van der Waals surface area (Å²) in [6.07, 6.45) is 3.59. The molecule has 2 fully saturated rings. The van der Waals surface area contributed by atoms with Crippen LogP contribution in [0.5, 0.6) is 0 Å². The molecule has 1 aliphatic carbocycles. The van der Waals surface area contributed by atoms with E-state index < -0.39 is 5.82 Å². The van der Waals surface area contributed by atoms with E-state index in [-0.39, 0.29) is 17.7 Å². The average molecular weight is 293 g/mol. The van der Waals surface area contributed by atoms with Gasteiger partial charge < -0.3 is 15.8 Å². The lowest BCUT2D eigenvalue weighted by molar-refractivity contribution is -0.121. The number of anilines is 2. The molecular formula is C15H20FN3O2. The van der Waals surface area contributed by atoms with E-state index in [9.17, 15) is 9.18 Å². The number of carbonyl (C=O) groups excluding carboxylic acids is 1. The molecule has 1 aliphatic heterocycles. The molecule has 21 heavy (non-hydrogen) atoms. The Bertz CT molecular complexity index is 538. The molecule has 5 nitrogen and oxygen atoms in total. The molecule has 2 atom stereocenters. The summed E-state index contributed by atoms with van der Waals surface area (Å²) in [5.74, 6) is -0.580. The Morgan fingerprint density at radius 2 is 2.33 bits per heavy atom. The fourth-order valence-corrected chi connectivity index (χ4v) is 3.21. The molecule has 1 saturated heterocycles. The van der Waals surface area contributed by atoms with E-state index >= 15 is 0 Å². The summed E-state index contributed by atoms with van der Waals surface area (Å²) < 4.78 is 18.8. The van der Waals surface area contributed by atoms with E-state index in [2.05, 4.69) is 10.2 Å². The Labute approximate surface area is 123 Å². The molecule has 1 aromatic carbocycles. The van der Waals surface area contributed by atoms with Crippen LogP contribution < -0.4 is 11.1 Å². The number of nitrogens with zero attached hydrogens (tertiary/aromatic N) is 1. The number of ether oxygens (including phenoxy) is 1. The van der Waals surface area contributed by atoms with E-state index in [0.29, 0.717) is 24.9 Å². The van der Waals surface area contributed by atoms with Crippen LogP contribution in [0.15, 0.2) is 18.2 Å². The number of amides is 1. The number of rotatable bonds is 3. The van der Waals surface area contributed by atoms with Gasteiger partial charge in [-0.25, -0.2) is 4.39 Å². The fraction of sp³-hybridized carbons (Fsp3) is 0.533. The van der Waals surface area contributed by atoms with Crippen LogP contribution >= 0.6 is 0 Å². The minimum Gasteiger partial charge on any atom is -0.396 e. The highest BCUT2D eigenvalue weighted by Crippen LogP contribution is 2.29. The molecule has 0 radical (unpaired) electrons. The first kappa shape index (κ1) is 14.3. The summed E-state index contributed by atoms with van der Waals surface area (Å²) in [7, 11) is 0. The first-order valence-electron chi connectivity index (χ1n) is 7.34. The smallest absolute Gasteiger partial charge is 0.238 e. The number of benzene rings is 1. The van der Waals surface area contributed by atoms with Crippen molar-refractivity contribution in [2.75, 3.05) is 30.7 Å². The van der Waals surface area contributed by atoms with Gasteiger partial charge in [0.15, 0.2) is 0 Å². The third-order valence-electron chi connectivity index (χ3n) is 4.22. The van der Waals surface area contributed by atoms with Crippen molar-refractivity contribution in [3.63, 3.8) is 0 Å². The highest BCUT2D eigenvalue weighted by molar-refractivity contribution is 5.92. The minimum absolute atomic E-state index is 0.0371. The third kappa shape index (κ3) is 3.16. The zero-order valence-corrected chi connectivity index (χ0v) is 11.8. The van der Waals surface area contributed by atoms with Crippen molar-refractivity contribution in [1.82, 2.24) is 4.90 Å². The highest BCUT2D eigenvalue weighted by Gasteiger charge is 2.36. The molecule has 2 unspecified atom stereocenters. The normalized spacial score (nSPS) is 25.6. The van der Waals surface area contributed by atoms with Crippen LogP contribution in [0.2, 0.25) is 0 Å². The van der Waals surface area contributed by atoms with E-state index in [1.54, 1.807) is 0 Å². The number of morpholine rings is 1. The van der Waals surface area contributed by atoms with Crippen LogP contribution in [0.4, 0.5) is 15.8 Å². The first-order valence-corrected chi connectivity index (χ1v) is 7.34. The number of nitrogens with one attached hydrogen (secondary N) is 1. The number of carbonyl (C=O) groups is 1. The molecule has 3 rings (SSSR count). The molecule has 114 valence electrons. The van der Waals surface area contributed by atoms with Gasteiger partial charge in [-0.05, 0) is 37.5 Å². The van der Waals surface area contributed by atoms with Crippen LogP contribution in [-0.2, 0) is 9.53 Å². The van der Waals surface area contributed by atoms with Crippen LogP contribution in [0.1, 0.15) is 19.3 Å².